The van der Waals surface area contributed by atoms with Gasteiger partial charge in [0.15, 0.2) is 0 Å². The van der Waals surface area contributed by atoms with Crippen LogP contribution < -0.4 is 5.32 Å². The van der Waals surface area contributed by atoms with Crippen LogP contribution >= 0.6 is 0 Å². The van der Waals surface area contributed by atoms with Crippen molar-refractivity contribution in [1.82, 2.24) is 5.32 Å². The van der Waals surface area contributed by atoms with E-state index in [1.54, 1.807) is 7.11 Å². The summed E-state index contributed by atoms with van der Waals surface area (Å²) in [6.07, 6.45) is 3.39. The molecular weight excluding hydrogens is 218 g/mol. The van der Waals surface area contributed by atoms with Gasteiger partial charge in [0, 0.05) is 13.2 Å². The molecule has 1 saturated carbocycles. The second-order valence-corrected chi connectivity index (χ2v) is 5.08. The third-order valence-electron chi connectivity index (χ3n) is 3.63. The standard InChI is InChI=1S/C13H25NO3/c1-10-4-5-12(8-11(10)2)14-13(15)9-17-7-6-16-3/h10-12H,4-9H2,1-3H3,(H,14,15). The summed E-state index contributed by atoms with van der Waals surface area (Å²) in [5, 5.41) is 3.04. The van der Waals surface area contributed by atoms with Crippen molar-refractivity contribution in [2.75, 3.05) is 26.9 Å². The Balaban J connectivity index is 2.14. The van der Waals surface area contributed by atoms with Gasteiger partial charge in [-0.3, -0.25) is 4.79 Å². The Morgan fingerprint density at radius 2 is 2.00 bits per heavy atom. The van der Waals surface area contributed by atoms with Crippen molar-refractivity contribution in [3.63, 3.8) is 0 Å². The summed E-state index contributed by atoms with van der Waals surface area (Å²) in [6, 6.07) is 0.333. The molecule has 1 rings (SSSR count). The number of hydrogen-bond acceptors (Lipinski definition) is 3. The minimum Gasteiger partial charge on any atom is -0.382 e. The fourth-order valence-corrected chi connectivity index (χ4v) is 2.26. The number of nitrogens with one attached hydrogen (secondary N) is 1. The molecule has 4 nitrogen and oxygen atoms in total. The highest BCUT2D eigenvalue weighted by Gasteiger charge is 2.25. The molecule has 0 aromatic carbocycles. The van der Waals surface area contributed by atoms with Crippen molar-refractivity contribution in [1.29, 1.82) is 0 Å². The van der Waals surface area contributed by atoms with Gasteiger partial charge < -0.3 is 14.8 Å². The molecule has 17 heavy (non-hydrogen) atoms. The third kappa shape index (κ3) is 5.50. The highest BCUT2D eigenvalue weighted by Crippen LogP contribution is 2.29. The number of amides is 1. The first-order chi connectivity index (χ1) is 8.13. The first-order valence-electron chi connectivity index (χ1n) is 6.49. The van der Waals surface area contributed by atoms with Gasteiger partial charge in [0.25, 0.3) is 0 Å². The lowest BCUT2D eigenvalue weighted by Crippen LogP contribution is -2.41. The number of carbonyl (C=O) groups excluding carboxylic acids is 1. The molecule has 1 aliphatic rings. The van der Waals surface area contributed by atoms with Gasteiger partial charge in [-0.15, -0.1) is 0 Å². The quantitative estimate of drug-likeness (QED) is 0.721. The van der Waals surface area contributed by atoms with Crippen LogP contribution in [0.1, 0.15) is 33.1 Å². The van der Waals surface area contributed by atoms with E-state index in [9.17, 15) is 4.79 Å². The summed E-state index contributed by atoms with van der Waals surface area (Å²) in [5.41, 5.74) is 0. The summed E-state index contributed by atoms with van der Waals surface area (Å²) < 4.78 is 10.0. The zero-order chi connectivity index (χ0) is 12.7. The topological polar surface area (TPSA) is 47.6 Å². The number of methoxy groups -OCH3 is 1. The van der Waals surface area contributed by atoms with E-state index < -0.39 is 0 Å². The minimum atomic E-state index is -0.00661. The molecule has 0 aromatic rings. The van der Waals surface area contributed by atoms with E-state index in [2.05, 4.69) is 19.2 Å². The minimum absolute atomic E-state index is 0.00661. The molecule has 0 heterocycles. The maximum atomic E-state index is 11.6. The van der Waals surface area contributed by atoms with Gasteiger partial charge in [-0.1, -0.05) is 13.8 Å². The van der Waals surface area contributed by atoms with Gasteiger partial charge in [-0.2, -0.15) is 0 Å². The van der Waals surface area contributed by atoms with Crippen molar-refractivity contribution < 1.29 is 14.3 Å². The second kappa shape index (κ2) is 7.67. The first-order valence-corrected chi connectivity index (χ1v) is 6.49. The molecule has 1 fully saturated rings. The Labute approximate surface area is 104 Å². The van der Waals surface area contributed by atoms with Crippen LogP contribution in [0, 0.1) is 11.8 Å². The van der Waals surface area contributed by atoms with Gasteiger partial charge >= 0.3 is 0 Å². The molecule has 3 atom stereocenters. The molecule has 0 saturated heterocycles. The second-order valence-electron chi connectivity index (χ2n) is 5.08. The molecule has 1 amide bonds. The van der Waals surface area contributed by atoms with E-state index in [-0.39, 0.29) is 12.5 Å². The Morgan fingerprint density at radius 1 is 1.24 bits per heavy atom. The number of rotatable bonds is 6. The zero-order valence-electron chi connectivity index (χ0n) is 11.2. The summed E-state index contributed by atoms with van der Waals surface area (Å²) >= 11 is 0. The van der Waals surface area contributed by atoms with Crippen LogP contribution in [0.25, 0.3) is 0 Å². The van der Waals surface area contributed by atoms with Crippen molar-refractivity contribution in [3.05, 3.63) is 0 Å². The van der Waals surface area contributed by atoms with Crippen LogP contribution in [0.5, 0.6) is 0 Å². The Morgan fingerprint density at radius 3 is 2.65 bits per heavy atom. The molecule has 1 N–H and O–H groups in total. The van der Waals surface area contributed by atoms with Gasteiger partial charge in [0.2, 0.25) is 5.91 Å². The largest absolute Gasteiger partial charge is 0.382 e. The molecule has 0 radical (unpaired) electrons. The SMILES string of the molecule is COCCOCC(=O)NC1CCC(C)C(C)C1. The molecule has 0 aliphatic heterocycles. The monoisotopic (exact) mass is 243 g/mol. The molecule has 0 spiro atoms. The lowest BCUT2D eigenvalue weighted by Gasteiger charge is -2.32. The van der Waals surface area contributed by atoms with E-state index in [0.717, 1.165) is 18.8 Å². The summed E-state index contributed by atoms with van der Waals surface area (Å²) in [4.78, 5) is 11.6. The Bertz CT molecular complexity index is 233. The predicted molar refractivity (Wildman–Crippen MR) is 66.8 cm³/mol. The zero-order valence-corrected chi connectivity index (χ0v) is 11.2. The fourth-order valence-electron chi connectivity index (χ4n) is 2.26. The normalized spacial score (nSPS) is 29.0. The molecule has 100 valence electrons. The highest BCUT2D eigenvalue weighted by molar-refractivity contribution is 5.77. The van der Waals surface area contributed by atoms with Crippen LogP contribution in [-0.4, -0.2) is 38.9 Å². The summed E-state index contributed by atoms with van der Waals surface area (Å²) in [5.74, 6) is 1.47. The van der Waals surface area contributed by atoms with Crippen LogP contribution in [0.3, 0.4) is 0 Å². The smallest absolute Gasteiger partial charge is 0.246 e. The Hall–Kier alpha value is -0.610. The van der Waals surface area contributed by atoms with E-state index in [0.29, 0.717) is 25.2 Å². The number of carbonyl (C=O) groups is 1. The average molecular weight is 243 g/mol. The number of ether oxygens (including phenoxy) is 2. The van der Waals surface area contributed by atoms with Crippen LogP contribution in [0.2, 0.25) is 0 Å². The average Bonchev–Trinajstić information content (AvgIpc) is 2.30. The van der Waals surface area contributed by atoms with Crippen molar-refractivity contribution in [2.24, 2.45) is 11.8 Å². The van der Waals surface area contributed by atoms with Crippen LogP contribution in [0.15, 0.2) is 0 Å². The lowest BCUT2D eigenvalue weighted by atomic mass is 9.79. The van der Waals surface area contributed by atoms with Gasteiger partial charge in [0.05, 0.1) is 13.2 Å². The van der Waals surface area contributed by atoms with Crippen molar-refractivity contribution in [3.8, 4) is 0 Å². The van der Waals surface area contributed by atoms with Gasteiger partial charge in [-0.05, 0) is 31.1 Å². The van der Waals surface area contributed by atoms with Crippen LogP contribution in [-0.2, 0) is 14.3 Å². The van der Waals surface area contributed by atoms with E-state index in [4.69, 9.17) is 9.47 Å². The van der Waals surface area contributed by atoms with Gasteiger partial charge in [-0.25, -0.2) is 0 Å². The molecule has 4 heteroatoms. The van der Waals surface area contributed by atoms with E-state index >= 15 is 0 Å². The molecule has 0 aromatic heterocycles. The predicted octanol–water partition coefficient (Wildman–Crippen LogP) is 1.59. The van der Waals surface area contributed by atoms with Crippen molar-refractivity contribution in [2.45, 2.75) is 39.2 Å². The summed E-state index contributed by atoms with van der Waals surface area (Å²) in [6.45, 7) is 5.70. The molecule has 1 aliphatic carbocycles. The maximum Gasteiger partial charge on any atom is 0.246 e. The van der Waals surface area contributed by atoms with Gasteiger partial charge in [0.1, 0.15) is 6.61 Å². The third-order valence-corrected chi connectivity index (χ3v) is 3.63. The first kappa shape index (κ1) is 14.5. The number of hydrogen-bond donors (Lipinski definition) is 1. The maximum absolute atomic E-state index is 11.6. The Kier molecular flexibility index (Phi) is 6.52. The highest BCUT2D eigenvalue weighted by atomic mass is 16.5. The molecule has 3 unspecified atom stereocenters. The molecular formula is C13H25NO3. The van der Waals surface area contributed by atoms with E-state index in [1.807, 2.05) is 0 Å². The van der Waals surface area contributed by atoms with E-state index in [1.165, 1.54) is 6.42 Å². The molecule has 0 bridgehead atoms. The van der Waals surface area contributed by atoms with Crippen molar-refractivity contribution >= 4 is 5.91 Å². The summed E-state index contributed by atoms with van der Waals surface area (Å²) in [7, 11) is 1.62. The van der Waals surface area contributed by atoms with Crippen LogP contribution in [0.4, 0.5) is 0 Å². The fraction of sp³-hybridized carbons (Fsp3) is 0.923. The lowest BCUT2D eigenvalue weighted by molar-refractivity contribution is -0.127.